The summed E-state index contributed by atoms with van der Waals surface area (Å²) >= 11 is 0. The van der Waals surface area contributed by atoms with Gasteiger partial charge >= 0.3 is 0 Å². The molecule has 1 saturated heterocycles. The summed E-state index contributed by atoms with van der Waals surface area (Å²) in [6, 6.07) is 12.9. The van der Waals surface area contributed by atoms with Crippen molar-refractivity contribution in [2.45, 2.75) is 19.9 Å². The van der Waals surface area contributed by atoms with Crippen molar-refractivity contribution in [3.8, 4) is 5.75 Å². The first kappa shape index (κ1) is 17.1. The topological polar surface area (TPSA) is 38.5 Å². The Morgan fingerprint density at radius 1 is 1.18 bits per heavy atom. The van der Waals surface area contributed by atoms with Gasteiger partial charge in [-0.1, -0.05) is 25.1 Å². The molecule has 1 aliphatic heterocycles. The van der Waals surface area contributed by atoms with Crippen LogP contribution in [0.3, 0.4) is 0 Å². The number of likely N-dealkylation sites (tertiary alicyclic amines) is 1. The maximum absolute atomic E-state index is 5.89. The van der Waals surface area contributed by atoms with Crippen molar-refractivity contribution in [1.82, 2.24) is 4.90 Å². The summed E-state index contributed by atoms with van der Waals surface area (Å²) in [7, 11) is 1.71. The molecule has 0 saturated carbocycles. The normalized spacial score (nSPS) is 21.8. The Labute approximate surface area is 138 Å². The van der Waals surface area contributed by atoms with Crippen molar-refractivity contribution in [1.29, 1.82) is 0 Å². The van der Waals surface area contributed by atoms with Crippen LogP contribution in [0.4, 0.5) is 0 Å². The number of halogens is 1. The van der Waals surface area contributed by atoms with Crippen molar-refractivity contribution in [2.75, 3.05) is 26.7 Å². The lowest BCUT2D eigenvalue weighted by atomic mass is 9.90. The summed E-state index contributed by atoms with van der Waals surface area (Å²) in [4.78, 5) is 2.51. The second-order valence-corrected chi connectivity index (χ2v) is 6.52. The zero-order valence-electron chi connectivity index (χ0n) is 13.3. The Bertz CT molecular complexity index is 646. The number of methoxy groups -OCH3 is 1. The molecular weight excluding hydrogens is 296 g/mol. The van der Waals surface area contributed by atoms with Gasteiger partial charge in [0.05, 0.1) is 7.11 Å². The van der Waals surface area contributed by atoms with E-state index in [-0.39, 0.29) is 12.4 Å². The van der Waals surface area contributed by atoms with Crippen LogP contribution in [-0.2, 0) is 6.54 Å². The van der Waals surface area contributed by atoms with Gasteiger partial charge in [-0.2, -0.15) is 0 Å². The van der Waals surface area contributed by atoms with Gasteiger partial charge in [-0.15, -0.1) is 12.4 Å². The lowest BCUT2D eigenvalue weighted by Crippen LogP contribution is -2.31. The molecule has 0 aliphatic carbocycles. The highest BCUT2D eigenvalue weighted by atomic mass is 35.5. The number of rotatable bonds is 4. The quantitative estimate of drug-likeness (QED) is 0.938. The fraction of sp³-hybridized carbons (Fsp3) is 0.444. The number of hydrogen-bond donors (Lipinski definition) is 1. The van der Waals surface area contributed by atoms with E-state index >= 15 is 0 Å². The zero-order valence-corrected chi connectivity index (χ0v) is 14.2. The smallest absolute Gasteiger partial charge is 0.119 e. The minimum Gasteiger partial charge on any atom is -0.497 e. The Kier molecular flexibility index (Phi) is 5.32. The van der Waals surface area contributed by atoms with Gasteiger partial charge in [0.15, 0.2) is 0 Å². The molecule has 1 aliphatic rings. The average Bonchev–Trinajstić information content (AvgIpc) is 2.88. The Balaban J connectivity index is 0.00000176. The van der Waals surface area contributed by atoms with Crippen molar-refractivity contribution in [3.05, 3.63) is 42.0 Å². The van der Waals surface area contributed by atoms with Crippen molar-refractivity contribution >= 4 is 23.2 Å². The fourth-order valence-electron chi connectivity index (χ4n) is 3.18. The van der Waals surface area contributed by atoms with Crippen LogP contribution in [0, 0.1) is 5.41 Å². The molecule has 2 N–H and O–H groups in total. The maximum Gasteiger partial charge on any atom is 0.119 e. The third-order valence-corrected chi connectivity index (χ3v) is 4.65. The summed E-state index contributed by atoms with van der Waals surface area (Å²) in [5, 5.41) is 2.50. The number of benzene rings is 2. The molecule has 1 atom stereocenters. The lowest BCUT2D eigenvalue weighted by molar-refractivity contribution is 0.274. The molecule has 2 aromatic carbocycles. The SMILES string of the molecule is COc1ccc2cc(CN3CCC(C)(CN)C3)ccc2c1.Cl. The third kappa shape index (κ3) is 3.54. The second-order valence-electron chi connectivity index (χ2n) is 6.52. The largest absolute Gasteiger partial charge is 0.497 e. The Hall–Kier alpha value is -1.29. The van der Waals surface area contributed by atoms with Gasteiger partial charge in [0.25, 0.3) is 0 Å². The number of fused-ring (bicyclic) bond motifs is 1. The van der Waals surface area contributed by atoms with Gasteiger partial charge in [-0.3, -0.25) is 4.90 Å². The summed E-state index contributed by atoms with van der Waals surface area (Å²) < 4.78 is 5.28. The first-order valence-electron chi connectivity index (χ1n) is 7.61. The van der Waals surface area contributed by atoms with E-state index in [2.05, 4.69) is 42.2 Å². The molecule has 1 fully saturated rings. The van der Waals surface area contributed by atoms with Gasteiger partial charge in [-0.25, -0.2) is 0 Å². The van der Waals surface area contributed by atoms with Gasteiger partial charge in [0.2, 0.25) is 0 Å². The molecular formula is C18H25ClN2O. The molecule has 0 radical (unpaired) electrons. The number of nitrogens with two attached hydrogens (primary N) is 1. The van der Waals surface area contributed by atoms with Crippen LogP contribution in [-0.4, -0.2) is 31.6 Å². The van der Waals surface area contributed by atoms with Crippen LogP contribution >= 0.6 is 12.4 Å². The maximum atomic E-state index is 5.89. The van der Waals surface area contributed by atoms with Crippen LogP contribution in [0.2, 0.25) is 0 Å². The van der Waals surface area contributed by atoms with Crippen LogP contribution in [0.15, 0.2) is 36.4 Å². The molecule has 0 spiro atoms. The van der Waals surface area contributed by atoms with Crippen LogP contribution in [0.25, 0.3) is 10.8 Å². The van der Waals surface area contributed by atoms with E-state index in [0.717, 1.165) is 31.9 Å². The Morgan fingerprint density at radius 3 is 2.59 bits per heavy atom. The summed E-state index contributed by atoms with van der Waals surface area (Å²) in [5.74, 6) is 0.911. The minimum absolute atomic E-state index is 0. The van der Waals surface area contributed by atoms with Crippen molar-refractivity contribution in [2.24, 2.45) is 11.1 Å². The highest BCUT2D eigenvalue weighted by molar-refractivity contribution is 5.85. The predicted molar refractivity (Wildman–Crippen MR) is 94.8 cm³/mol. The first-order valence-corrected chi connectivity index (χ1v) is 7.61. The van der Waals surface area contributed by atoms with Crippen molar-refractivity contribution in [3.63, 3.8) is 0 Å². The molecule has 3 rings (SSSR count). The van der Waals surface area contributed by atoms with E-state index in [9.17, 15) is 0 Å². The predicted octanol–water partition coefficient (Wildman–Crippen LogP) is 3.44. The van der Waals surface area contributed by atoms with E-state index in [1.165, 1.54) is 22.8 Å². The van der Waals surface area contributed by atoms with E-state index in [1.807, 2.05) is 6.07 Å². The molecule has 4 heteroatoms. The molecule has 1 heterocycles. The first-order chi connectivity index (χ1) is 10.1. The zero-order chi connectivity index (χ0) is 14.9. The minimum atomic E-state index is 0. The van der Waals surface area contributed by atoms with E-state index in [4.69, 9.17) is 10.5 Å². The fourth-order valence-corrected chi connectivity index (χ4v) is 3.18. The molecule has 22 heavy (non-hydrogen) atoms. The molecule has 120 valence electrons. The molecule has 0 bridgehead atoms. The highest BCUT2D eigenvalue weighted by Crippen LogP contribution is 2.30. The van der Waals surface area contributed by atoms with Crippen LogP contribution in [0.5, 0.6) is 5.75 Å². The van der Waals surface area contributed by atoms with Gasteiger partial charge in [0, 0.05) is 13.1 Å². The molecule has 0 aromatic heterocycles. The van der Waals surface area contributed by atoms with Crippen molar-refractivity contribution < 1.29 is 4.74 Å². The van der Waals surface area contributed by atoms with Crippen LogP contribution in [0.1, 0.15) is 18.9 Å². The number of hydrogen-bond acceptors (Lipinski definition) is 3. The number of nitrogens with zero attached hydrogens (tertiary/aromatic N) is 1. The summed E-state index contributed by atoms with van der Waals surface area (Å²) in [6.45, 7) is 6.33. The second kappa shape index (κ2) is 6.86. The average molecular weight is 321 g/mol. The standard InChI is InChI=1S/C18H24N2O.ClH/c1-18(12-19)7-8-20(13-18)11-14-3-4-16-10-17(21-2)6-5-15(16)9-14;/h3-6,9-10H,7-8,11-13,19H2,1-2H3;1H. The summed E-state index contributed by atoms with van der Waals surface area (Å²) in [5.41, 5.74) is 7.55. The molecule has 3 nitrogen and oxygen atoms in total. The monoisotopic (exact) mass is 320 g/mol. The summed E-state index contributed by atoms with van der Waals surface area (Å²) in [6.07, 6.45) is 1.20. The van der Waals surface area contributed by atoms with E-state index in [0.29, 0.717) is 5.41 Å². The lowest BCUT2D eigenvalue weighted by Gasteiger charge is -2.22. The third-order valence-electron chi connectivity index (χ3n) is 4.65. The van der Waals surface area contributed by atoms with Gasteiger partial charge in [-0.05, 0) is 59.5 Å². The van der Waals surface area contributed by atoms with Gasteiger partial charge in [0.1, 0.15) is 5.75 Å². The molecule has 2 aromatic rings. The van der Waals surface area contributed by atoms with Gasteiger partial charge < -0.3 is 10.5 Å². The molecule has 0 amide bonds. The Morgan fingerprint density at radius 2 is 1.91 bits per heavy atom. The van der Waals surface area contributed by atoms with E-state index in [1.54, 1.807) is 7.11 Å². The highest BCUT2D eigenvalue weighted by Gasteiger charge is 2.32. The number of ether oxygens (including phenoxy) is 1. The van der Waals surface area contributed by atoms with Crippen LogP contribution < -0.4 is 10.5 Å². The molecule has 1 unspecified atom stereocenters. The van der Waals surface area contributed by atoms with E-state index < -0.39 is 0 Å².